The zero-order valence-electron chi connectivity index (χ0n) is 15.0. The molecule has 1 aromatic heterocycles. The molecule has 0 radical (unpaired) electrons. The van der Waals surface area contributed by atoms with Gasteiger partial charge in [0.15, 0.2) is 0 Å². The van der Waals surface area contributed by atoms with Crippen LogP contribution in [0.4, 0.5) is 0 Å². The standard InChI is InChI=1S/C22H22ClN3O/c23-20-9-5-4-8-17(20)18-14-19(18)22(27)25-11-10-21-24-12-13-26(21)15-16-6-2-1-3-7-16/h1-9,12-13,18-19H,10-11,14-15H2,(H,25,27). The molecule has 1 heterocycles. The third-order valence-corrected chi connectivity index (χ3v) is 5.42. The zero-order chi connectivity index (χ0) is 18.6. The van der Waals surface area contributed by atoms with Crippen LogP contribution < -0.4 is 5.32 Å². The maximum atomic E-state index is 12.4. The van der Waals surface area contributed by atoms with Crippen LogP contribution in [0.15, 0.2) is 67.0 Å². The van der Waals surface area contributed by atoms with Crippen molar-refractivity contribution in [2.24, 2.45) is 5.92 Å². The summed E-state index contributed by atoms with van der Waals surface area (Å²) in [5, 5.41) is 3.81. The highest BCUT2D eigenvalue weighted by Gasteiger charge is 2.44. The molecule has 0 spiro atoms. The quantitative estimate of drug-likeness (QED) is 0.673. The lowest BCUT2D eigenvalue weighted by atomic mass is 10.1. The molecular formula is C22H22ClN3O. The lowest BCUT2D eigenvalue weighted by Gasteiger charge is -2.09. The summed E-state index contributed by atoms with van der Waals surface area (Å²) < 4.78 is 2.13. The molecule has 3 aromatic rings. The van der Waals surface area contributed by atoms with Gasteiger partial charge in [0.05, 0.1) is 0 Å². The summed E-state index contributed by atoms with van der Waals surface area (Å²) in [6.07, 6.45) is 5.39. The van der Waals surface area contributed by atoms with Gasteiger partial charge < -0.3 is 9.88 Å². The molecule has 0 saturated heterocycles. The maximum Gasteiger partial charge on any atom is 0.223 e. The number of nitrogens with zero attached hydrogens (tertiary/aromatic N) is 2. The summed E-state index contributed by atoms with van der Waals surface area (Å²) in [6.45, 7) is 1.39. The molecule has 4 nitrogen and oxygen atoms in total. The number of imidazole rings is 1. The minimum absolute atomic E-state index is 0.0361. The predicted octanol–water partition coefficient (Wildman–Crippen LogP) is 4.05. The van der Waals surface area contributed by atoms with Crippen LogP contribution >= 0.6 is 11.6 Å². The summed E-state index contributed by atoms with van der Waals surface area (Å²) in [7, 11) is 0. The second-order valence-electron chi connectivity index (χ2n) is 6.97. The molecule has 1 saturated carbocycles. The van der Waals surface area contributed by atoms with Gasteiger partial charge in [0, 0.05) is 42.8 Å². The SMILES string of the molecule is O=C(NCCc1nccn1Cc1ccccc1)C1CC1c1ccccc1Cl. The van der Waals surface area contributed by atoms with Crippen molar-refractivity contribution >= 4 is 17.5 Å². The lowest BCUT2D eigenvalue weighted by molar-refractivity contribution is -0.122. The average molecular weight is 380 g/mol. The molecule has 138 valence electrons. The Balaban J connectivity index is 1.28. The number of benzene rings is 2. The largest absolute Gasteiger partial charge is 0.355 e. The smallest absolute Gasteiger partial charge is 0.223 e. The first-order valence-corrected chi connectivity index (χ1v) is 9.66. The van der Waals surface area contributed by atoms with Gasteiger partial charge in [-0.1, -0.05) is 60.1 Å². The molecule has 0 aliphatic heterocycles. The van der Waals surface area contributed by atoms with E-state index < -0.39 is 0 Å². The second-order valence-corrected chi connectivity index (χ2v) is 7.38. The van der Waals surface area contributed by atoms with Crippen LogP contribution in [-0.2, 0) is 17.8 Å². The van der Waals surface area contributed by atoms with E-state index in [0.29, 0.717) is 6.54 Å². The number of halogens is 1. The summed E-state index contributed by atoms with van der Waals surface area (Å²) >= 11 is 6.24. The molecular weight excluding hydrogens is 358 g/mol. The Morgan fingerprint density at radius 1 is 1.15 bits per heavy atom. The van der Waals surface area contributed by atoms with Crippen molar-refractivity contribution in [1.82, 2.24) is 14.9 Å². The van der Waals surface area contributed by atoms with Gasteiger partial charge >= 0.3 is 0 Å². The monoisotopic (exact) mass is 379 g/mol. The van der Waals surface area contributed by atoms with Crippen LogP contribution in [0, 0.1) is 5.92 Å². The van der Waals surface area contributed by atoms with Crippen molar-refractivity contribution in [3.63, 3.8) is 0 Å². The number of carbonyl (C=O) groups is 1. The van der Waals surface area contributed by atoms with E-state index in [0.717, 1.165) is 35.8 Å². The van der Waals surface area contributed by atoms with Gasteiger partial charge in [-0.3, -0.25) is 4.79 Å². The van der Waals surface area contributed by atoms with Gasteiger partial charge in [-0.2, -0.15) is 0 Å². The third kappa shape index (κ3) is 4.22. The summed E-state index contributed by atoms with van der Waals surface area (Å²) in [4.78, 5) is 16.9. The van der Waals surface area contributed by atoms with Gasteiger partial charge in [0.25, 0.3) is 0 Å². The Hall–Kier alpha value is -2.59. The van der Waals surface area contributed by atoms with Gasteiger partial charge in [-0.25, -0.2) is 4.98 Å². The number of amides is 1. The van der Waals surface area contributed by atoms with Crippen molar-refractivity contribution < 1.29 is 4.79 Å². The minimum atomic E-state index is 0.0361. The van der Waals surface area contributed by atoms with Crippen LogP contribution in [-0.4, -0.2) is 22.0 Å². The molecule has 2 unspecified atom stereocenters. The molecule has 27 heavy (non-hydrogen) atoms. The van der Waals surface area contributed by atoms with Crippen molar-refractivity contribution in [2.75, 3.05) is 6.54 Å². The molecule has 2 aromatic carbocycles. The highest BCUT2D eigenvalue weighted by atomic mass is 35.5. The highest BCUT2D eigenvalue weighted by Crippen LogP contribution is 2.49. The topological polar surface area (TPSA) is 46.9 Å². The number of carbonyl (C=O) groups excluding carboxylic acids is 1. The van der Waals surface area contributed by atoms with Gasteiger partial charge in [0.2, 0.25) is 5.91 Å². The van der Waals surface area contributed by atoms with Crippen LogP contribution in [0.1, 0.15) is 29.3 Å². The fraction of sp³-hybridized carbons (Fsp3) is 0.273. The van der Waals surface area contributed by atoms with E-state index in [1.54, 1.807) is 0 Å². The van der Waals surface area contributed by atoms with E-state index in [1.807, 2.05) is 54.9 Å². The number of rotatable bonds is 7. The number of hydrogen-bond acceptors (Lipinski definition) is 2. The first kappa shape index (κ1) is 17.8. The molecule has 2 atom stereocenters. The number of aromatic nitrogens is 2. The van der Waals surface area contributed by atoms with Gasteiger partial charge in [-0.05, 0) is 29.5 Å². The molecule has 4 rings (SSSR count). The first-order valence-electron chi connectivity index (χ1n) is 9.28. The van der Waals surface area contributed by atoms with E-state index >= 15 is 0 Å². The van der Waals surface area contributed by atoms with E-state index in [9.17, 15) is 4.79 Å². The van der Waals surface area contributed by atoms with Crippen LogP contribution in [0.25, 0.3) is 0 Å². The highest BCUT2D eigenvalue weighted by molar-refractivity contribution is 6.31. The average Bonchev–Trinajstić information content (AvgIpc) is 3.37. The maximum absolute atomic E-state index is 12.4. The number of hydrogen-bond donors (Lipinski definition) is 1. The van der Waals surface area contributed by atoms with E-state index in [2.05, 4.69) is 27.0 Å². The first-order chi connectivity index (χ1) is 13.2. The van der Waals surface area contributed by atoms with Crippen LogP contribution in [0.3, 0.4) is 0 Å². The van der Waals surface area contributed by atoms with Gasteiger partial charge in [-0.15, -0.1) is 0 Å². The predicted molar refractivity (Wildman–Crippen MR) is 107 cm³/mol. The Morgan fingerprint density at radius 2 is 1.93 bits per heavy atom. The second kappa shape index (κ2) is 7.97. The van der Waals surface area contributed by atoms with E-state index in [1.165, 1.54) is 5.56 Å². The number of nitrogens with one attached hydrogen (secondary N) is 1. The molecule has 1 amide bonds. The summed E-state index contributed by atoms with van der Waals surface area (Å²) in [6, 6.07) is 18.1. The molecule has 1 N–H and O–H groups in total. The van der Waals surface area contributed by atoms with Crippen LogP contribution in [0.5, 0.6) is 0 Å². The Labute approximate surface area is 164 Å². The summed E-state index contributed by atoms with van der Waals surface area (Å²) in [5.74, 6) is 1.38. The Morgan fingerprint density at radius 3 is 2.74 bits per heavy atom. The normalized spacial score (nSPS) is 18.3. The molecule has 1 aliphatic rings. The molecule has 0 bridgehead atoms. The molecule has 1 fully saturated rings. The van der Waals surface area contributed by atoms with Crippen molar-refractivity contribution in [3.8, 4) is 0 Å². The zero-order valence-corrected chi connectivity index (χ0v) is 15.8. The fourth-order valence-corrected chi connectivity index (χ4v) is 3.80. The van der Waals surface area contributed by atoms with Crippen LogP contribution in [0.2, 0.25) is 5.02 Å². The van der Waals surface area contributed by atoms with Gasteiger partial charge in [0.1, 0.15) is 5.82 Å². The van der Waals surface area contributed by atoms with Crippen molar-refractivity contribution in [1.29, 1.82) is 0 Å². The lowest BCUT2D eigenvalue weighted by Crippen LogP contribution is -2.28. The van der Waals surface area contributed by atoms with Crippen molar-refractivity contribution in [3.05, 3.63) is 89.0 Å². The van der Waals surface area contributed by atoms with E-state index in [-0.39, 0.29) is 17.7 Å². The molecule has 5 heteroatoms. The summed E-state index contributed by atoms with van der Waals surface area (Å²) in [5.41, 5.74) is 2.32. The third-order valence-electron chi connectivity index (χ3n) is 5.08. The Kier molecular flexibility index (Phi) is 5.26. The minimum Gasteiger partial charge on any atom is -0.355 e. The Bertz CT molecular complexity index is 922. The van der Waals surface area contributed by atoms with E-state index in [4.69, 9.17) is 11.6 Å². The van der Waals surface area contributed by atoms with Crippen molar-refractivity contribution in [2.45, 2.75) is 25.3 Å². The fourth-order valence-electron chi connectivity index (χ4n) is 3.53. The molecule has 1 aliphatic carbocycles.